The van der Waals surface area contributed by atoms with E-state index in [2.05, 4.69) is 15.2 Å². The molecule has 0 amide bonds. The lowest BCUT2D eigenvalue weighted by Crippen LogP contribution is -2.36. The molecule has 3 heterocycles. The van der Waals surface area contributed by atoms with Crippen molar-refractivity contribution >= 4 is 28.1 Å². The third kappa shape index (κ3) is 4.54. The fourth-order valence-electron chi connectivity index (χ4n) is 4.79. The van der Waals surface area contributed by atoms with E-state index in [1.165, 1.54) is 0 Å². The van der Waals surface area contributed by atoms with Crippen LogP contribution in [0.15, 0.2) is 24.3 Å². The number of morpholine rings is 1. The highest BCUT2D eigenvalue weighted by Gasteiger charge is 2.32. The first kappa shape index (κ1) is 23.5. The standard InChI is InChI=1S/C25H28F3N5O2/c1-13-8-19-22-20(12-21(23(19)35-13)33-4-6-34-7-5-33)24(32-15(3)31-22)30-14(2)16-9-17(25(26,27)28)11-18(29)10-16/h9-14H,4-8,29H2,1-3H3,(H,30,31,32). The zero-order valence-electron chi connectivity index (χ0n) is 19.9. The molecule has 2 aromatic carbocycles. The molecule has 186 valence electrons. The summed E-state index contributed by atoms with van der Waals surface area (Å²) in [5.74, 6) is 1.97. The monoisotopic (exact) mass is 487 g/mol. The van der Waals surface area contributed by atoms with Gasteiger partial charge in [-0.1, -0.05) is 0 Å². The van der Waals surface area contributed by atoms with Gasteiger partial charge in [-0.15, -0.1) is 0 Å². The van der Waals surface area contributed by atoms with Crippen molar-refractivity contribution in [2.45, 2.75) is 45.5 Å². The number of nitrogens with two attached hydrogens (primary N) is 1. The van der Waals surface area contributed by atoms with Crippen molar-refractivity contribution in [3.8, 4) is 5.75 Å². The van der Waals surface area contributed by atoms with Gasteiger partial charge >= 0.3 is 6.18 Å². The summed E-state index contributed by atoms with van der Waals surface area (Å²) in [6.45, 7) is 8.37. The summed E-state index contributed by atoms with van der Waals surface area (Å²) < 4.78 is 51.8. The van der Waals surface area contributed by atoms with Gasteiger partial charge in [0.1, 0.15) is 23.5 Å². The van der Waals surface area contributed by atoms with Gasteiger partial charge < -0.3 is 25.4 Å². The van der Waals surface area contributed by atoms with E-state index in [1.807, 2.05) is 13.0 Å². The Morgan fingerprint density at radius 3 is 2.60 bits per heavy atom. The highest BCUT2D eigenvalue weighted by Crippen LogP contribution is 2.45. The molecule has 1 aromatic heterocycles. The van der Waals surface area contributed by atoms with Gasteiger partial charge in [-0.2, -0.15) is 13.2 Å². The molecule has 1 fully saturated rings. The lowest BCUT2D eigenvalue weighted by Gasteiger charge is -2.30. The van der Waals surface area contributed by atoms with Gasteiger partial charge in [0.05, 0.1) is 36.0 Å². The molecule has 7 nitrogen and oxygen atoms in total. The van der Waals surface area contributed by atoms with Crippen molar-refractivity contribution < 1.29 is 22.6 Å². The van der Waals surface area contributed by atoms with E-state index in [1.54, 1.807) is 19.9 Å². The number of nitrogen functional groups attached to an aromatic ring is 1. The second-order valence-electron chi connectivity index (χ2n) is 9.20. The molecule has 2 aliphatic heterocycles. The number of nitrogens with one attached hydrogen (secondary N) is 1. The van der Waals surface area contributed by atoms with Crippen molar-refractivity contribution in [2.75, 3.05) is 42.3 Å². The maximum Gasteiger partial charge on any atom is 0.416 e. The van der Waals surface area contributed by atoms with E-state index >= 15 is 0 Å². The number of nitrogens with zero attached hydrogens (tertiary/aromatic N) is 3. The Hall–Kier alpha value is -3.27. The van der Waals surface area contributed by atoms with Crippen molar-refractivity contribution in [3.05, 3.63) is 46.8 Å². The van der Waals surface area contributed by atoms with Gasteiger partial charge in [0.2, 0.25) is 0 Å². The van der Waals surface area contributed by atoms with Crippen molar-refractivity contribution in [1.29, 1.82) is 0 Å². The highest BCUT2D eigenvalue weighted by atomic mass is 19.4. The number of benzene rings is 2. The summed E-state index contributed by atoms with van der Waals surface area (Å²) in [7, 11) is 0. The van der Waals surface area contributed by atoms with Crippen molar-refractivity contribution in [2.24, 2.45) is 0 Å². The van der Waals surface area contributed by atoms with Crippen LogP contribution in [0.4, 0.5) is 30.4 Å². The number of aryl methyl sites for hydroxylation is 1. The highest BCUT2D eigenvalue weighted by molar-refractivity contribution is 5.97. The maximum absolute atomic E-state index is 13.4. The predicted octanol–water partition coefficient (Wildman–Crippen LogP) is 4.87. The summed E-state index contributed by atoms with van der Waals surface area (Å²) in [6, 6.07) is 5.16. The molecule has 2 atom stereocenters. The van der Waals surface area contributed by atoms with Crippen LogP contribution < -0.4 is 20.7 Å². The van der Waals surface area contributed by atoms with Gasteiger partial charge in [0, 0.05) is 36.1 Å². The lowest BCUT2D eigenvalue weighted by atomic mass is 10.0. The fourth-order valence-corrected chi connectivity index (χ4v) is 4.79. The lowest BCUT2D eigenvalue weighted by molar-refractivity contribution is -0.137. The summed E-state index contributed by atoms with van der Waals surface area (Å²) in [4.78, 5) is 11.6. The van der Waals surface area contributed by atoms with E-state index in [0.29, 0.717) is 30.4 Å². The Balaban J connectivity index is 1.59. The smallest absolute Gasteiger partial charge is 0.416 e. The van der Waals surface area contributed by atoms with Gasteiger partial charge in [-0.3, -0.25) is 0 Å². The van der Waals surface area contributed by atoms with Crippen LogP contribution in [0.25, 0.3) is 10.9 Å². The largest absolute Gasteiger partial charge is 0.488 e. The van der Waals surface area contributed by atoms with Gasteiger partial charge in [-0.25, -0.2) is 9.97 Å². The average molecular weight is 488 g/mol. The number of aromatic nitrogens is 2. The van der Waals surface area contributed by atoms with Gasteiger partial charge in [0.25, 0.3) is 0 Å². The van der Waals surface area contributed by atoms with Crippen LogP contribution in [0.3, 0.4) is 0 Å². The Morgan fingerprint density at radius 2 is 1.89 bits per heavy atom. The first-order chi connectivity index (χ1) is 16.6. The molecular weight excluding hydrogens is 459 g/mol. The quantitative estimate of drug-likeness (QED) is 0.508. The van der Waals surface area contributed by atoms with E-state index in [4.69, 9.17) is 20.2 Å². The Kier molecular flexibility index (Phi) is 5.86. The van der Waals surface area contributed by atoms with Crippen molar-refractivity contribution in [3.63, 3.8) is 0 Å². The minimum atomic E-state index is -4.48. The van der Waals surface area contributed by atoms with E-state index < -0.39 is 17.8 Å². The molecule has 35 heavy (non-hydrogen) atoms. The predicted molar refractivity (Wildman–Crippen MR) is 129 cm³/mol. The molecule has 3 N–H and O–H groups in total. The first-order valence-electron chi connectivity index (χ1n) is 11.7. The topological polar surface area (TPSA) is 85.5 Å². The number of fused-ring (bicyclic) bond motifs is 3. The number of hydrogen-bond acceptors (Lipinski definition) is 7. The van der Waals surface area contributed by atoms with Gasteiger partial charge in [-0.05, 0) is 50.6 Å². The van der Waals surface area contributed by atoms with Crippen molar-refractivity contribution in [1.82, 2.24) is 9.97 Å². The normalized spacial score (nSPS) is 18.9. The molecule has 0 bridgehead atoms. The summed E-state index contributed by atoms with van der Waals surface area (Å²) >= 11 is 0. The Morgan fingerprint density at radius 1 is 1.14 bits per heavy atom. The number of alkyl halides is 3. The number of halogens is 3. The molecule has 10 heteroatoms. The summed E-state index contributed by atoms with van der Waals surface area (Å²) in [5.41, 5.74) is 8.30. The van der Waals surface area contributed by atoms with Crippen LogP contribution >= 0.6 is 0 Å². The average Bonchev–Trinajstić information content (AvgIpc) is 3.20. The minimum Gasteiger partial charge on any atom is -0.488 e. The van der Waals surface area contributed by atoms with Crippen LogP contribution in [0.5, 0.6) is 5.75 Å². The first-order valence-corrected chi connectivity index (χ1v) is 11.7. The SMILES string of the molecule is Cc1nc(NC(C)c2cc(N)cc(C(F)(F)F)c2)c2cc(N3CCOCC3)c3c(c2n1)CC(C)O3. The molecular formula is C25H28F3N5O2. The maximum atomic E-state index is 13.4. The molecule has 2 aliphatic rings. The van der Waals surface area contributed by atoms with Gasteiger partial charge in [0.15, 0.2) is 0 Å². The fraction of sp³-hybridized carbons (Fsp3) is 0.440. The molecule has 5 rings (SSSR count). The third-order valence-corrected chi connectivity index (χ3v) is 6.45. The van der Waals surface area contributed by atoms with Crippen LogP contribution in [0, 0.1) is 6.92 Å². The molecule has 3 aromatic rings. The molecule has 0 radical (unpaired) electrons. The molecule has 0 saturated carbocycles. The minimum absolute atomic E-state index is 0.0223. The zero-order valence-corrected chi connectivity index (χ0v) is 19.9. The number of ether oxygens (including phenoxy) is 2. The Bertz CT molecular complexity index is 1270. The summed E-state index contributed by atoms with van der Waals surface area (Å²) in [6.07, 6.45) is -3.74. The van der Waals surface area contributed by atoms with Crippen LogP contribution in [0.2, 0.25) is 0 Å². The number of hydrogen-bond donors (Lipinski definition) is 2. The van der Waals surface area contributed by atoms with E-state index in [-0.39, 0.29) is 11.8 Å². The molecule has 1 saturated heterocycles. The molecule has 2 unspecified atom stereocenters. The van der Waals surface area contributed by atoms with E-state index in [0.717, 1.165) is 59.5 Å². The molecule has 0 spiro atoms. The second-order valence-corrected chi connectivity index (χ2v) is 9.20. The number of rotatable bonds is 4. The second kappa shape index (κ2) is 8.75. The Labute approximate surface area is 201 Å². The molecule has 0 aliphatic carbocycles. The summed E-state index contributed by atoms with van der Waals surface area (Å²) in [5, 5.41) is 4.13. The van der Waals surface area contributed by atoms with Crippen LogP contribution in [-0.4, -0.2) is 42.4 Å². The third-order valence-electron chi connectivity index (χ3n) is 6.45. The van der Waals surface area contributed by atoms with Crippen LogP contribution in [-0.2, 0) is 17.3 Å². The van der Waals surface area contributed by atoms with E-state index in [9.17, 15) is 13.2 Å². The number of anilines is 3. The van der Waals surface area contributed by atoms with Crippen LogP contribution in [0.1, 0.15) is 42.4 Å². The zero-order chi connectivity index (χ0) is 24.9.